The van der Waals surface area contributed by atoms with Crippen molar-refractivity contribution in [1.82, 2.24) is 25.0 Å². The smallest absolute Gasteiger partial charge is 0.230 e. The van der Waals surface area contributed by atoms with Gasteiger partial charge in [-0.2, -0.15) is 14.7 Å². The van der Waals surface area contributed by atoms with Gasteiger partial charge >= 0.3 is 0 Å². The van der Waals surface area contributed by atoms with E-state index in [-0.39, 0.29) is 5.92 Å². The van der Waals surface area contributed by atoms with Gasteiger partial charge in [0.15, 0.2) is 5.65 Å². The average molecular weight is 413 g/mol. The second-order valence-corrected chi connectivity index (χ2v) is 7.45. The number of rotatable bonds is 2. The zero-order chi connectivity index (χ0) is 20.2. The molecule has 0 amide bonds. The fraction of sp³-hybridized carbons (Fsp3) is 0.0909. The maximum atomic E-state index is 6.35. The number of aromatic nitrogens is 5. The number of fused-ring (bicyclic) bond motifs is 6. The summed E-state index contributed by atoms with van der Waals surface area (Å²) in [5.41, 5.74) is 3.53. The zero-order valence-electron chi connectivity index (χ0n) is 15.9. The highest BCUT2D eigenvalue weighted by atomic mass is 32.1. The Kier molecular flexibility index (Phi) is 3.63. The average Bonchev–Trinajstić information content (AvgIpc) is 3.28. The highest BCUT2D eigenvalue weighted by molar-refractivity contribution is 7.71. The Labute approximate surface area is 175 Å². The molecule has 3 aromatic carbocycles. The van der Waals surface area contributed by atoms with Crippen LogP contribution in [0.4, 0.5) is 0 Å². The number of hydrogen-bond donors (Lipinski definition) is 1. The molecule has 0 bridgehead atoms. The van der Waals surface area contributed by atoms with E-state index in [1.54, 1.807) is 11.6 Å². The van der Waals surface area contributed by atoms with E-state index >= 15 is 0 Å². The summed E-state index contributed by atoms with van der Waals surface area (Å²) >= 11 is 5.42. The molecule has 0 saturated heterocycles. The third-order valence-electron chi connectivity index (χ3n) is 5.52. The van der Waals surface area contributed by atoms with Crippen LogP contribution >= 0.6 is 12.2 Å². The van der Waals surface area contributed by atoms with E-state index in [1.165, 1.54) is 0 Å². The van der Waals surface area contributed by atoms with Crippen LogP contribution in [0.1, 0.15) is 22.6 Å². The van der Waals surface area contributed by atoms with Crippen molar-refractivity contribution in [2.24, 2.45) is 0 Å². The standard InChI is InChI=1S/C22H15N5O2S/c1-28-14-9-6-13(7-10-14)17-16-11-8-12-4-2-3-5-15(12)19(16)29-21-18(17)20-24-25-26-27(20)22(30)23-21/h2-11,17H,1H3,(H,24,26). The molecule has 1 unspecified atom stereocenters. The first-order chi connectivity index (χ1) is 14.7. The fourth-order valence-corrected chi connectivity index (χ4v) is 4.34. The number of aromatic amines is 1. The minimum atomic E-state index is -0.150. The van der Waals surface area contributed by atoms with Crippen LogP contribution in [0.25, 0.3) is 16.4 Å². The maximum Gasteiger partial charge on any atom is 0.230 e. The summed E-state index contributed by atoms with van der Waals surface area (Å²) in [6.45, 7) is 0. The Hall–Kier alpha value is -3.78. The summed E-state index contributed by atoms with van der Waals surface area (Å²) < 4.78 is 13.6. The molecule has 1 aliphatic heterocycles. The van der Waals surface area contributed by atoms with E-state index in [4.69, 9.17) is 21.7 Å². The number of nitrogens with zero attached hydrogens (tertiary/aromatic N) is 4. The highest BCUT2D eigenvalue weighted by Gasteiger charge is 2.34. The predicted molar refractivity (Wildman–Crippen MR) is 114 cm³/mol. The summed E-state index contributed by atoms with van der Waals surface area (Å²) in [6.07, 6.45) is 0. The topological polar surface area (TPSA) is 77.3 Å². The van der Waals surface area contributed by atoms with Gasteiger partial charge in [0.1, 0.15) is 11.5 Å². The minimum Gasteiger partial charge on any atom is -0.497 e. The minimum absolute atomic E-state index is 0.150. The lowest BCUT2D eigenvalue weighted by Crippen LogP contribution is -2.15. The van der Waals surface area contributed by atoms with Gasteiger partial charge in [-0.05, 0) is 35.3 Å². The highest BCUT2D eigenvalue weighted by Crippen LogP contribution is 2.50. The van der Waals surface area contributed by atoms with Crippen molar-refractivity contribution in [1.29, 1.82) is 0 Å². The Balaban J connectivity index is 1.70. The van der Waals surface area contributed by atoms with E-state index in [9.17, 15) is 0 Å². The Morgan fingerprint density at radius 3 is 2.73 bits per heavy atom. The van der Waals surface area contributed by atoms with Gasteiger partial charge in [0.2, 0.25) is 10.7 Å². The van der Waals surface area contributed by atoms with Crippen molar-refractivity contribution in [3.05, 3.63) is 82.1 Å². The molecule has 1 atom stereocenters. The van der Waals surface area contributed by atoms with Crippen LogP contribution in [0.5, 0.6) is 17.4 Å². The van der Waals surface area contributed by atoms with E-state index < -0.39 is 0 Å². The summed E-state index contributed by atoms with van der Waals surface area (Å²) in [7, 11) is 1.66. The van der Waals surface area contributed by atoms with Gasteiger partial charge < -0.3 is 9.47 Å². The molecule has 0 fully saturated rings. The first-order valence-corrected chi connectivity index (χ1v) is 9.82. The molecule has 0 spiro atoms. The first kappa shape index (κ1) is 17.1. The summed E-state index contributed by atoms with van der Waals surface area (Å²) in [5, 5.41) is 13.1. The monoisotopic (exact) mass is 413 g/mol. The van der Waals surface area contributed by atoms with Crippen molar-refractivity contribution in [2.75, 3.05) is 7.11 Å². The molecule has 0 saturated carbocycles. The van der Waals surface area contributed by atoms with Gasteiger partial charge in [-0.1, -0.05) is 53.7 Å². The lowest BCUT2D eigenvalue weighted by molar-refractivity contribution is 0.414. The number of ether oxygens (including phenoxy) is 2. The molecule has 146 valence electrons. The normalized spacial score (nSPS) is 14.9. The van der Waals surface area contributed by atoms with Crippen molar-refractivity contribution in [3.63, 3.8) is 0 Å². The van der Waals surface area contributed by atoms with Gasteiger partial charge in [-0.3, -0.25) is 0 Å². The SMILES string of the molecule is COc1ccc(C2c3ccc4ccccc4c3Oc3nc(=S)n4[nH]nnc4c32)cc1. The number of tetrazole rings is 1. The number of H-pyrrole nitrogens is 1. The van der Waals surface area contributed by atoms with Crippen LogP contribution in [0.3, 0.4) is 0 Å². The summed E-state index contributed by atoms with van der Waals surface area (Å²) in [4.78, 5) is 4.55. The second-order valence-electron chi connectivity index (χ2n) is 7.09. The largest absolute Gasteiger partial charge is 0.497 e. The van der Waals surface area contributed by atoms with Crippen molar-refractivity contribution in [3.8, 4) is 17.4 Å². The van der Waals surface area contributed by atoms with Crippen LogP contribution in [0.2, 0.25) is 0 Å². The molecular weight excluding hydrogens is 398 g/mol. The van der Waals surface area contributed by atoms with Crippen molar-refractivity contribution in [2.45, 2.75) is 5.92 Å². The molecule has 1 aliphatic rings. The molecule has 2 aromatic heterocycles. The van der Waals surface area contributed by atoms with Crippen molar-refractivity contribution >= 4 is 28.6 Å². The third-order valence-corrected chi connectivity index (χ3v) is 5.79. The lowest BCUT2D eigenvalue weighted by atomic mass is 9.83. The molecule has 5 aromatic rings. The van der Waals surface area contributed by atoms with Gasteiger partial charge in [0, 0.05) is 16.9 Å². The van der Waals surface area contributed by atoms with E-state index in [0.29, 0.717) is 16.3 Å². The van der Waals surface area contributed by atoms with Crippen molar-refractivity contribution < 1.29 is 9.47 Å². The van der Waals surface area contributed by atoms with E-state index in [1.807, 2.05) is 24.3 Å². The Morgan fingerprint density at radius 1 is 1.07 bits per heavy atom. The van der Waals surface area contributed by atoms with Crippen LogP contribution in [-0.4, -0.2) is 32.1 Å². The summed E-state index contributed by atoms with van der Waals surface area (Å²) in [6, 6.07) is 20.4. The number of methoxy groups -OCH3 is 1. The molecule has 8 heteroatoms. The van der Waals surface area contributed by atoms with Crippen LogP contribution in [0, 0.1) is 4.77 Å². The first-order valence-electron chi connectivity index (χ1n) is 9.42. The molecule has 0 radical (unpaired) electrons. The van der Waals surface area contributed by atoms with Crippen LogP contribution < -0.4 is 9.47 Å². The molecule has 3 heterocycles. The van der Waals surface area contributed by atoms with E-state index in [0.717, 1.165) is 39.0 Å². The maximum absolute atomic E-state index is 6.35. The van der Waals surface area contributed by atoms with Crippen LogP contribution in [0.15, 0.2) is 60.7 Å². The van der Waals surface area contributed by atoms with Gasteiger partial charge in [0.05, 0.1) is 12.7 Å². The Bertz CT molecular complexity index is 1490. The Morgan fingerprint density at radius 2 is 1.90 bits per heavy atom. The predicted octanol–water partition coefficient (Wildman–Crippen LogP) is 4.63. The van der Waals surface area contributed by atoms with Crippen LogP contribution in [-0.2, 0) is 0 Å². The van der Waals surface area contributed by atoms with Gasteiger partial charge in [0.25, 0.3) is 0 Å². The molecular formula is C22H15N5O2S. The summed E-state index contributed by atoms with van der Waals surface area (Å²) in [5.74, 6) is 1.89. The van der Waals surface area contributed by atoms with Gasteiger partial charge in [-0.25, -0.2) is 0 Å². The second kappa shape index (κ2) is 6.36. The number of hydrogen-bond acceptors (Lipinski definition) is 6. The van der Waals surface area contributed by atoms with Gasteiger partial charge in [-0.15, -0.1) is 5.10 Å². The molecule has 1 N–H and O–H groups in total. The number of benzene rings is 3. The number of nitrogens with one attached hydrogen (secondary N) is 1. The zero-order valence-corrected chi connectivity index (χ0v) is 16.7. The van der Waals surface area contributed by atoms with E-state index in [2.05, 4.69) is 56.9 Å². The molecule has 0 aliphatic carbocycles. The molecule has 30 heavy (non-hydrogen) atoms. The molecule has 6 rings (SSSR count). The quantitative estimate of drug-likeness (QED) is 0.417. The third kappa shape index (κ3) is 2.37. The molecule has 7 nitrogen and oxygen atoms in total. The fourth-order valence-electron chi connectivity index (χ4n) is 4.13. The lowest BCUT2D eigenvalue weighted by Gasteiger charge is -2.28.